The molecule has 0 aliphatic rings. The van der Waals surface area contributed by atoms with E-state index in [4.69, 9.17) is 9.84 Å². The first-order valence-corrected chi connectivity index (χ1v) is 10.2. The van der Waals surface area contributed by atoms with Gasteiger partial charge in [0.2, 0.25) is 0 Å². The molecule has 0 saturated heterocycles. The Balaban J connectivity index is 1.76. The fraction of sp³-hybridized carbons (Fsp3) is 0.273. The third-order valence-electron chi connectivity index (χ3n) is 4.96. The summed E-state index contributed by atoms with van der Waals surface area (Å²) in [5.41, 5.74) is -3.02. The van der Waals surface area contributed by atoms with E-state index in [0.717, 1.165) is 18.2 Å². The van der Waals surface area contributed by atoms with Crippen molar-refractivity contribution in [2.75, 3.05) is 6.61 Å². The number of carbonyl (C=O) groups excluding carboxylic acids is 1. The quantitative estimate of drug-likeness (QED) is 0.425. The van der Waals surface area contributed by atoms with E-state index in [0.29, 0.717) is 10.2 Å². The Labute approximate surface area is 199 Å². The van der Waals surface area contributed by atoms with Crippen molar-refractivity contribution in [3.63, 3.8) is 0 Å². The number of nitrogens with zero attached hydrogens (tertiary/aromatic N) is 3. The van der Waals surface area contributed by atoms with Crippen molar-refractivity contribution in [2.24, 2.45) is 0 Å². The summed E-state index contributed by atoms with van der Waals surface area (Å²) in [7, 11) is 0. The molecule has 1 amide bonds. The second-order valence-electron chi connectivity index (χ2n) is 7.50. The van der Waals surface area contributed by atoms with Crippen LogP contribution in [0.1, 0.15) is 50.6 Å². The smallest absolute Gasteiger partial charge is 0.437 e. The molecule has 0 spiro atoms. The van der Waals surface area contributed by atoms with Crippen molar-refractivity contribution in [1.82, 2.24) is 20.3 Å². The van der Waals surface area contributed by atoms with Crippen LogP contribution in [-0.4, -0.2) is 38.6 Å². The number of carbonyl (C=O) groups is 2. The van der Waals surface area contributed by atoms with Gasteiger partial charge in [-0.3, -0.25) is 4.79 Å². The van der Waals surface area contributed by atoms with Crippen molar-refractivity contribution in [2.45, 2.75) is 31.9 Å². The van der Waals surface area contributed by atoms with Crippen LogP contribution in [0.2, 0.25) is 0 Å². The number of halogens is 6. The van der Waals surface area contributed by atoms with Gasteiger partial charge in [0.1, 0.15) is 12.4 Å². The first-order chi connectivity index (χ1) is 16.8. The van der Waals surface area contributed by atoms with E-state index in [1.807, 2.05) is 0 Å². The minimum absolute atomic E-state index is 0.0142. The highest BCUT2D eigenvalue weighted by Gasteiger charge is 2.41. The first-order valence-electron chi connectivity index (χ1n) is 10.2. The SMILES string of the molecule is CC(NC(=O)c1c(C(F)(F)F)nnn1CCOc1cccc(C(F)(F)F)c1)c1ccc(C(=O)O)cc1. The topological polar surface area (TPSA) is 106 Å². The number of alkyl halides is 6. The van der Waals surface area contributed by atoms with Crippen LogP contribution in [-0.2, 0) is 18.9 Å². The van der Waals surface area contributed by atoms with Gasteiger partial charge >= 0.3 is 18.3 Å². The van der Waals surface area contributed by atoms with Gasteiger partial charge in [-0.05, 0) is 42.8 Å². The molecule has 2 N–H and O–H groups in total. The molecule has 1 aromatic heterocycles. The summed E-state index contributed by atoms with van der Waals surface area (Å²) in [6, 6.07) is 8.45. The van der Waals surface area contributed by atoms with Crippen LogP contribution in [0.3, 0.4) is 0 Å². The van der Waals surface area contributed by atoms with Gasteiger partial charge in [-0.25, -0.2) is 9.48 Å². The van der Waals surface area contributed by atoms with Gasteiger partial charge in [0.05, 0.1) is 23.7 Å². The van der Waals surface area contributed by atoms with Crippen molar-refractivity contribution in [3.8, 4) is 5.75 Å². The zero-order valence-electron chi connectivity index (χ0n) is 18.4. The van der Waals surface area contributed by atoms with Crippen LogP contribution in [0.25, 0.3) is 0 Å². The van der Waals surface area contributed by atoms with Crippen molar-refractivity contribution >= 4 is 11.9 Å². The lowest BCUT2D eigenvalue weighted by molar-refractivity contribution is -0.141. The van der Waals surface area contributed by atoms with E-state index in [1.54, 1.807) is 0 Å². The number of aromatic carboxylic acids is 1. The molecule has 192 valence electrons. The van der Waals surface area contributed by atoms with Crippen molar-refractivity contribution in [3.05, 3.63) is 76.6 Å². The van der Waals surface area contributed by atoms with E-state index >= 15 is 0 Å². The van der Waals surface area contributed by atoms with Crippen LogP contribution in [0, 0.1) is 0 Å². The molecule has 0 aliphatic heterocycles. The zero-order chi connectivity index (χ0) is 26.7. The molecule has 1 atom stereocenters. The maximum atomic E-state index is 13.5. The Kier molecular flexibility index (Phi) is 7.55. The van der Waals surface area contributed by atoms with E-state index in [9.17, 15) is 35.9 Å². The third kappa shape index (κ3) is 6.31. The molecule has 0 aliphatic carbocycles. The summed E-state index contributed by atoms with van der Waals surface area (Å²) in [4.78, 5) is 23.7. The van der Waals surface area contributed by atoms with E-state index in [2.05, 4.69) is 15.6 Å². The van der Waals surface area contributed by atoms with Crippen molar-refractivity contribution < 1.29 is 45.8 Å². The molecule has 0 radical (unpaired) electrons. The monoisotopic (exact) mass is 516 g/mol. The molecule has 0 fully saturated rings. The Morgan fingerprint density at radius 2 is 1.72 bits per heavy atom. The number of carboxylic acids is 1. The van der Waals surface area contributed by atoms with Gasteiger partial charge in [0.25, 0.3) is 5.91 Å². The maximum Gasteiger partial charge on any atom is 0.437 e. The third-order valence-corrected chi connectivity index (χ3v) is 4.96. The van der Waals surface area contributed by atoms with Gasteiger partial charge in [0, 0.05) is 0 Å². The summed E-state index contributed by atoms with van der Waals surface area (Å²) in [5, 5.41) is 17.8. The number of aromatic nitrogens is 3. The number of hydrogen-bond donors (Lipinski definition) is 2. The molecular formula is C22H18F6N4O4. The van der Waals surface area contributed by atoms with Crippen LogP contribution in [0.5, 0.6) is 5.75 Å². The average Bonchev–Trinajstić information content (AvgIpc) is 3.23. The molecule has 0 bridgehead atoms. The number of benzene rings is 2. The van der Waals surface area contributed by atoms with Gasteiger partial charge in [-0.15, -0.1) is 5.10 Å². The zero-order valence-corrected chi connectivity index (χ0v) is 18.4. The van der Waals surface area contributed by atoms with Gasteiger partial charge < -0.3 is 15.2 Å². The molecule has 8 nitrogen and oxygen atoms in total. The number of amides is 1. The highest BCUT2D eigenvalue weighted by Crippen LogP contribution is 2.32. The Morgan fingerprint density at radius 3 is 2.31 bits per heavy atom. The molecule has 1 heterocycles. The summed E-state index contributed by atoms with van der Waals surface area (Å²) in [6.45, 7) is 0.643. The molecule has 1 unspecified atom stereocenters. The number of nitrogens with one attached hydrogen (secondary N) is 1. The van der Waals surface area contributed by atoms with E-state index in [1.165, 1.54) is 37.3 Å². The standard InChI is InChI=1S/C22H18F6N4O4/c1-12(13-5-7-14(8-6-13)20(34)35)29-19(33)17-18(22(26,27)28)30-31-32(17)9-10-36-16-4-2-3-15(11-16)21(23,24)25/h2-8,11-12H,9-10H2,1H3,(H,29,33)(H,34,35). The Morgan fingerprint density at radius 1 is 1.06 bits per heavy atom. The second-order valence-corrected chi connectivity index (χ2v) is 7.50. The summed E-state index contributed by atoms with van der Waals surface area (Å²) >= 11 is 0. The molecule has 36 heavy (non-hydrogen) atoms. The number of rotatable bonds is 8. The fourth-order valence-electron chi connectivity index (χ4n) is 3.16. The fourth-order valence-corrected chi connectivity index (χ4v) is 3.16. The Hall–Kier alpha value is -4.10. The van der Waals surface area contributed by atoms with Crippen LogP contribution >= 0.6 is 0 Å². The lowest BCUT2D eigenvalue weighted by atomic mass is 10.1. The van der Waals surface area contributed by atoms with Gasteiger partial charge in [-0.2, -0.15) is 26.3 Å². The average molecular weight is 516 g/mol. The van der Waals surface area contributed by atoms with Gasteiger partial charge in [0.15, 0.2) is 11.4 Å². The predicted molar refractivity (Wildman–Crippen MR) is 111 cm³/mol. The number of carboxylic acid groups (broad SMARTS) is 1. The van der Waals surface area contributed by atoms with Crippen LogP contribution in [0.15, 0.2) is 48.5 Å². The lowest BCUT2D eigenvalue weighted by Gasteiger charge is -2.16. The Bertz CT molecular complexity index is 1240. The molecule has 0 saturated carbocycles. The minimum Gasteiger partial charge on any atom is -0.492 e. The molecular weight excluding hydrogens is 498 g/mol. The summed E-state index contributed by atoms with van der Waals surface area (Å²) in [5.74, 6) is -2.51. The highest BCUT2D eigenvalue weighted by molar-refractivity contribution is 5.94. The molecule has 2 aromatic carbocycles. The van der Waals surface area contributed by atoms with E-state index in [-0.39, 0.29) is 11.3 Å². The van der Waals surface area contributed by atoms with Crippen LogP contribution < -0.4 is 10.1 Å². The minimum atomic E-state index is -5.01. The first kappa shape index (κ1) is 26.5. The van der Waals surface area contributed by atoms with Gasteiger partial charge in [-0.1, -0.05) is 23.4 Å². The second kappa shape index (κ2) is 10.3. The molecule has 3 rings (SSSR count). The van der Waals surface area contributed by atoms with Crippen molar-refractivity contribution in [1.29, 1.82) is 0 Å². The van der Waals surface area contributed by atoms with E-state index < -0.39 is 60.4 Å². The summed E-state index contributed by atoms with van der Waals surface area (Å²) in [6.07, 6.45) is -9.62. The maximum absolute atomic E-state index is 13.5. The lowest BCUT2D eigenvalue weighted by Crippen LogP contribution is -2.31. The highest BCUT2D eigenvalue weighted by atomic mass is 19.4. The number of ether oxygens (including phenoxy) is 1. The number of hydrogen-bond acceptors (Lipinski definition) is 5. The molecule has 3 aromatic rings. The predicted octanol–water partition coefficient (Wildman–Crippen LogP) is 4.58. The molecule has 14 heteroatoms. The normalized spacial score (nSPS) is 12.8. The van der Waals surface area contributed by atoms with Crippen LogP contribution in [0.4, 0.5) is 26.3 Å². The largest absolute Gasteiger partial charge is 0.492 e. The summed E-state index contributed by atoms with van der Waals surface area (Å²) < 4.78 is 84.7.